The molecule has 0 radical (unpaired) electrons. The summed E-state index contributed by atoms with van der Waals surface area (Å²) in [6, 6.07) is -0.122. The number of halogens is 1. The summed E-state index contributed by atoms with van der Waals surface area (Å²) in [5, 5.41) is 4.86. The summed E-state index contributed by atoms with van der Waals surface area (Å²) in [6.45, 7) is 6.21. The first-order valence-electron chi connectivity index (χ1n) is 5.99. The minimum Gasteiger partial charge on any atom is -0.379 e. The van der Waals surface area contributed by atoms with E-state index < -0.39 is 0 Å². The van der Waals surface area contributed by atoms with Crippen molar-refractivity contribution in [2.45, 2.75) is 39.3 Å². The molecule has 0 fully saturated rings. The number of nitrogens with zero attached hydrogens (tertiary/aromatic N) is 2. The third kappa shape index (κ3) is 3.96. The Bertz CT molecular complexity index is 329. The molecule has 0 aliphatic carbocycles. The molecule has 6 heteroatoms. The van der Waals surface area contributed by atoms with Crippen LogP contribution in [0.1, 0.15) is 38.4 Å². The number of ether oxygens (including phenoxy) is 1. The summed E-state index contributed by atoms with van der Waals surface area (Å²) in [6.07, 6.45) is 3.63. The molecule has 98 valence electrons. The standard InChI is InChI=1S/C11H21ClN4O/c1-3-5-16-11(9(12)7-14-16)10(15-13)8-17-6-4-2/h7,10,15H,3-6,8,13H2,1-2H3. The fourth-order valence-electron chi connectivity index (χ4n) is 1.66. The zero-order chi connectivity index (χ0) is 12.7. The Morgan fingerprint density at radius 2 is 2.29 bits per heavy atom. The number of hydrogen-bond acceptors (Lipinski definition) is 4. The van der Waals surface area contributed by atoms with Crippen molar-refractivity contribution in [3.05, 3.63) is 16.9 Å². The van der Waals surface area contributed by atoms with E-state index in [1.807, 2.05) is 4.68 Å². The summed E-state index contributed by atoms with van der Waals surface area (Å²) in [5.74, 6) is 5.55. The van der Waals surface area contributed by atoms with Gasteiger partial charge in [0.1, 0.15) is 0 Å². The molecule has 0 aliphatic heterocycles. The number of nitrogens with two attached hydrogens (primary N) is 1. The first-order chi connectivity index (χ1) is 8.24. The third-order valence-electron chi connectivity index (χ3n) is 2.43. The van der Waals surface area contributed by atoms with Crippen LogP contribution in [0.4, 0.5) is 0 Å². The van der Waals surface area contributed by atoms with Crippen LogP contribution in [-0.4, -0.2) is 23.0 Å². The monoisotopic (exact) mass is 260 g/mol. The Morgan fingerprint density at radius 1 is 1.53 bits per heavy atom. The van der Waals surface area contributed by atoms with E-state index in [-0.39, 0.29) is 6.04 Å². The fourth-order valence-corrected chi connectivity index (χ4v) is 1.93. The highest BCUT2D eigenvalue weighted by Crippen LogP contribution is 2.22. The molecule has 0 aliphatic rings. The molecule has 1 aromatic rings. The fraction of sp³-hybridized carbons (Fsp3) is 0.727. The van der Waals surface area contributed by atoms with Crippen molar-refractivity contribution in [3.8, 4) is 0 Å². The number of rotatable bonds is 8. The predicted molar refractivity (Wildman–Crippen MR) is 68.7 cm³/mol. The van der Waals surface area contributed by atoms with Crippen molar-refractivity contribution < 1.29 is 4.74 Å². The van der Waals surface area contributed by atoms with Crippen molar-refractivity contribution in [1.29, 1.82) is 0 Å². The van der Waals surface area contributed by atoms with Crippen LogP contribution >= 0.6 is 11.6 Å². The molecule has 0 bridgehead atoms. The number of aryl methyl sites for hydroxylation is 1. The van der Waals surface area contributed by atoms with Gasteiger partial charge in [0.15, 0.2) is 0 Å². The zero-order valence-electron chi connectivity index (χ0n) is 10.4. The lowest BCUT2D eigenvalue weighted by Gasteiger charge is -2.18. The van der Waals surface area contributed by atoms with Crippen LogP contribution in [0.2, 0.25) is 5.02 Å². The molecule has 0 spiro atoms. The van der Waals surface area contributed by atoms with Gasteiger partial charge in [0.25, 0.3) is 0 Å². The molecule has 1 heterocycles. The quantitative estimate of drug-likeness (QED) is 0.426. The molecule has 0 saturated heterocycles. The van der Waals surface area contributed by atoms with Crippen molar-refractivity contribution in [3.63, 3.8) is 0 Å². The summed E-state index contributed by atoms with van der Waals surface area (Å²) >= 11 is 6.13. The van der Waals surface area contributed by atoms with E-state index in [9.17, 15) is 0 Å². The molecular formula is C11H21ClN4O. The average Bonchev–Trinajstić information content (AvgIpc) is 2.68. The van der Waals surface area contributed by atoms with Gasteiger partial charge in [-0.3, -0.25) is 10.5 Å². The van der Waals surface area contributed by atoms with Gasteiger partial charge in [0.2, 0.25) is 0 Å². The van der Waals surface area contributed by atoms with Crippen LogP contribution in [0.3, 0.4) is 0 Å². The van der Waals surface area contributed by atoms with Gasteiger partial charge in [-0.15, -0.1) is 0 Å². The highest BCUT2D eigenvalue weighted by atomic mass is 35.5. The van der Waals surface area contributed by atoms with Crippen LogP contribution in [0.25, 0.3) is 0 Å². The van der Waals surface area contributed by atoms with Crippen molar-refractivity contribution in [1.82, 2.24) is 15.2 Å². The Labute approximate surface area is 107 Å². The summed E-state index contributed by atoms with van der Waals surface area (Å²) in [5.41, 5.74) is 3.63. The van der Waals surface area contributed by atoms with E-state index in [2.05, 4.69) is 24.4 Å². The van der Waals surface area contributed by atoms with Crippen molar-refractivity contribution in [2.24, 2.45) is 5.84 Å². The van der Waals surface area contributed by atoms with Crippen LogP contribution in [0.5, 0.6) is 0 Å². The molecule has 0 amide bonds. The lowest BCUT2D eigenvalue weighted by molar-refractivity contribution is 0.109. The normalized spacial score (nSPS) is 12.9. The average molecular weight is 261 g/mol. The second-order valence-corrected chi connectivity index (χ2v) is 4.30. The SMILES string of the molecule is CCCOCC(NN)c1c(Cl)cnn1CCC. The largest absolute Gasteiger partial charge is 0.379 e. The van der Waals surface area contributed by atoms with E-state index in [1.165, 1.54) is 0 Å². The lowest BCUT2D eigenvalue weighted by Crippen LogP contribution is -2.33. The van der Waals surface area contributed by atoms with E-state index >= 15 is 0 Å². The van der Waals surface area contributed by atoms with Gasteiger partial charge >= 0.3 is 0 Å². The molecule has 1 rings (SSSR count). The van der Waals surface area contributed by atoms with E-state index in [4.69, 9.17) is 22.2 Å². The minimum absolute atomic E-state index is 0.122. The maximum absolute atomic E-state index is 6.13. The van der Waals surface area contributed by atoms with Crippen molar-refractivity contribution >= 4 is 11.6 Å². The van der Waals surface area contributed by atoms with Gasteiger partial charge in [-0.2, -0.15) is 5.10 Å². The van der Waals surface area contributed by atoms with Crippen molar-refractivity contribution in [2.75, 3.05) is 13.2 Å². The highest BCUT2D eigenvalue weighted by Gasteiger charge is 2.19. The Morgan fingerprint density at radius 3 is 2.88 bits per heavy atom. The van der Waals surface area contributed by atoms with Crippen LogP contribution < -0.4 is 11.3 Å². The number of hydrazine groups is 1. The number of nitrogens with one attached hydrogen (secondary N) is 1. The zero-order valence-corrected chi connectivity index (χ0v) is 11.2. The molecule has 3 N–H and O–H groups in total. The smallest absolute Gasteiger partial charge is 0.0877 e. The molecule has 1 atom stereocenters. The number of aromatic nitrogens is 2. The highest BCUT2D eigenvalue weighted by molar-refractivity contribution is 6.31. The topological polar surface area (TPSA) is 65.1 Å². The third-order valence-corrected chi connectivity index (χ3v) is 2.72. The van der Waals surface area contributed by atoms with Gasteiger partial charge in [-0.05, 0) is 12.8 Å². The van der Waals surface area contributed by atoms with E-state index in [1.54, 1.807) is 6.20 Å². The molecular weight excluding hydrogens is 240 g/mol. The van der Waals surface area contributed by atoms with Gasteiger partial charge in [0, 0.05) is 13.2 Å². The summed E-state index contributed by atoms with van der Waals surface area (Å²) < 4.78 is 7.38. The van der Waals surface area contributed by atoms with E-state index in [0.29, 0.717) is 11.6 Å². The molecule has 1 aromatic heterocycles. The van der Waals surface area contributed by atoms with Gasteiger partial charge in [-0.1, -0.05) is 25.4 Å². The molecule has 5 nitrogen and oxygen atoms in total. The lowest BCUT2D eigenvalue weighted by atomic mass is 10.2. The molecule has 0 saturated carbocycles. The van der Waals surface area contributed by atoms with Crippen LogP contribution in [0, 0.1) is 0 Å². The Hall–Kier alpha value is -0.620. The van der Waals surface area contributed by atoms with Crippen LogP contribution in [-0.2, 0) is 11.3 Å². The minimum atomic E-state index is -0.122. The first kappa shape index (κ1) is 14.4. The second-order valence-electron chi connectivity index (χ2n) is 3.90. The predicted octanol–water partition coefficient (Wildman–Crippen LogP) is 1.88. The van der Waals surface area contributed by atoms with Gasteiger partial charge in [0.05, 0.1) is 29.6 Å². The Kier molecular flexibility index (Phi) is 6.50. The molecule has 0 aromatic carbocycles. The summed E-state index contributed by atoms with van der Waals surface area (Å²) in [7, 11) is 0. The Balaban J connectivity index is 2.75. The molecule has 17 heavy (non-hydrogen) atoms. The van der Waals surface area contributed by atoms with E-state index in [0.717, 1.165) is 31.7 Å². The summed E-state index contributed by atoms with van der Waals surface area (Å²) in [4.78, 5) is 0. The maximum Gasteiger partial charge on any atom is 0.0877 e. The van der Waals surface area contributed by atoms with Gasteiger partial charge < -0.3 is 4.74 Å². The van der Waals surface area contributed by atoms with Crippen LogP contribution in [0.15, 0.2) is 6.20 Å². The number of hydrogen-bond donors (Lipinski definition) is 2. The molecule has 1 unspecified atom stereocenters. The second kappa shape index (κ2) is 7.66. The maximum atomic E-state index is 6.13. The van der Waals surface area contributed by atoms with Gasteiger partial charge in [-0.25, -0.2) is 5.43 Å². The first-order valence-corrected chi connectivity index (χ1v) is 6.37.